The maximum absolute atomic E-state index is 14.9. The maximum Gasteiger partial charge on any atom is 0.343 e. The van der Waals surface area contributed by atoms with E-state index in [2.05, 4.69) is 5.32 Å². The SMILES string of the molecule is CC[C@@]1(O)C(=O)OCc2c1cc1n(c2=O)Cc2c-1nc1cc(F)c(Cl)c3c1c2[C@@H](NCC(C)C(=O)OC)CC3. The average molecular weight is 556 g/mol. The summed E-state index contributed by atoms with van der Waals surface area (Å²) < 4.78 is 26.5. The Morgan fingerprint density at radius 2 is 2.13 bits per heavy atom. The zero-order chi connectivity index (χ0) is 27.8. The second-order valence-electron chi connectivity index (χ2n) is 10.4. The van der Waals surface area contributed by atoms with E-state index in [1.807, 2.05) is 0 Å². The van der Waals surface area contributed by atoms with Crippen molar-refractivity contribution in [3.05, 3.63) is 61.1 Å². The van der Waals surface area contributed by atoms with Gasteiger partial charge in [0.15, 0.2) is 5.60 Å². The molecular formula is C28H27ClFN3O6. The molecule has 3 aromatic rings. The molecule has 0 spiro atoms. The smallest absolute Gasteiger partial charge is 0.343 e. The molecule has 0 saturated carbocycles. The molecule has 4 heterocycles. The Kier molecular flexibility index (Phi) is 6.05. The number of carbonyl (C=O) groups is 2. The topological polar surface area (TPSA) is 120 Å². The van der Waals surface area contributed by atoms with Crippen LogP contribution in [-0.4, -0.2) is 40.3 Å². The molecule has 1 aromatic carbocycles. The highest BCUT2D eigenvalue weighted by Crippen LogP contribution is 2.46. The summed E-state index contributed by atoms with van der Waals surface area (Å²) >= 11 is 6.41. The van der Waals surface area contributed by atoms with Crippen molar-refractivity contribution >= 4 is 34.4 Å². The Balaban J connectivity index is 1.57. The lowest BCUT2D eigenvalue weighted by Gasteiger charge is -2.31. The molecule has 3 atom stereocenters. The van der Waals surface area contributed by atoms with E-state index >= 15 is 0 Å². The van der Waals surface area contributed by atoms with Crippen LogP contribution in [0.15, 0.2) is 16.9 Å². The van der Waals surface area contributed by atoms with E-state index in [4.69, 9.17) is 26.1 Å². The van der Waals surface area contributed by atoms with Crippen molar-refractivity contribution in [3.8, 4) is 11.4 Å². The minimum Gasteiger partial charge on any atom is -0.469 e. The van der Waals surface area contributed by atoms with E-state index in [0.29, 0.717) is 41.9 Å². The maximum atomic E-state index is 14.9. The fourth-order valence-corrected chi connectivity index (χ4v) is 6.41. The number of nitrogens with one attached hydrogen (secondary N) is 1. The summed E-state index contributed by atoms with van der Waals surface area (Å²) in [6, 6.07) is 2.71. The summed E-state index contributed by atoms with van der Waals surface area (Å²) in [4.78, 5) is 43.0. The zero-order valence-corrected chi connectivity index (χ0v) is 22.4. The van der Waals surface area contributed by atoms with Crippen molar-refractivity contribution in [2.75, 3.05) is 13.7 Å². The van der Waals surface area contributed by atoms with Crippen LogP contribution < -0.4 is 10.9 Å². The number of carbonyl (C=O) groups excluding carboxylic acids is 2. The molecule has 3 aliphatic rings. The van der Waals surface area contributed by atoms with E-state index in [0.717, 1.165) is 16.5 Å². The third kappa shape index (κ3) is 3.65. The number of halogens is 2. The van der Waals surface area contributed by atoms with Gasteiger partial charge in [-0.25, -0.2) is 14.2 Å². The summed E-state index contributed by atoms with van der Waals surface area (Å²) in [5.74, 6) is -2.10. The van der Waals surface area contributed by atoms with Gasteiger partial charge in [0.05, 0.1) is 47.1 Å². The van der Waals surface area contributed by atoms with Gasteiger partial charge in [-0.05, 0) is 36.5 Å². The van der Waals surface area contributed by atoms with Gasteiger partial charge in [-0.15, -0.1) is 0 Å². The molecule has 2 aliphatic heterocycles. The molecule has 0 bridgehead atoms. The van der Waals surface area contributed by atoms with E-state index in [-0.39, 0.29) is 53.3 Å². The molecule has 1 aliphatic carbocycles. The first-order valence-electron chi connectivity index (χ1n) is 12.9. The predicted molar refractivity (Wildman–Crippen MR) is 140 cm³/mol. The standard InChI is InChI=1S/C28H27ClFN3O6/c1-4-28(37)16-7-20-24-14(10-33(20)25(34)15(16)11-39-27(28)36)22-18(31-9-12(2)26(35)38-3)6-5-13-21(22)19(32-24)8-17(30)23(13)29/h7-8,12,18,31,37H,4-6,9-11H2,1-3H3/t12?,18-,28-/m0/s1. The van der Waals surface area contributed by atoms with Crippen molar-refractivity contribution in [2.24, 2.45) is 5.92 Å². The zero-order valence-electron chi connectivity index (χ0n) is 21.7. The molecule has 6 rings (SSSR count). The highest BCUT2D eigenvalue weighted by Gasteiger charge is 2.46. The number of fused-ring (bicyclic) bond motifs is 5. The first-order valence-corrected chi connectivity index (χ1v) is 13.3. The quantitative estimate of drug-likeness (QED) is 0.360. The number of pyridine rings is 2. The summed E-state index contributed by atoms with van der Waals surface area (Å²) in [5.41, 5.74) is 1.74. The van der Waals surface area contributed by atoms with Crippen LogP contribution in [0.2, 0.25) is 5.02 Å². The van der Waals surface area contributed by atoms with Crippen molar-refractivity contribution in [1.82, 2.24) is 14.9 Å². The van der Waals surface area contributed by atoms with Gasteiger partial charge in [0.2, 0.25) is 0 Å². The van der Waals surface area contributed by atoms with E-state index in [1.165, 1.54) is 13.2 Å². The molecular weight excluding hydrogens is 529 g/mol. The van der Waals surface area contributed by atoms with Gasteiger partial charge in [-0.1, -0.05) is 25.4 Å². The second kappa shape index (κ2) is 9.11. The average Bonchev–Trinajstić information content (AvgIpc) is 3.31. The Labute approximate surface area is 227 Å². The van der Waals surface area contributed by atoms with Crippen LogP contribution in [0.4, 0.5) is 4.39 Å². The van der Waals surface area contributed by atoms with Crippen molar-refractivity contribution in [2.45, 2.75) is 57.9 Å². The Hall–Kier alpha value is -3.34. The number of ether oxygens (including phenoxy) is 2. The van der Waals surface area contributed by atoms with Gasteiger partial charge < -0.3 is 24.5 Å². The Morgan fingerprint density at radius 1 is 1.36 bits per heavy atom. The molecule has 0 fully saturated rings. The number of aliphatic hydroxyl groups is 1. The number of cyclic esters (lactones) is 1. The lowest BCUT2D eigenvalue weighted by molar-refractivity contribution is -0.172. The molecule has 204 valence electrons. The number of benzene rings is 1. The molecule has 9 nitrogen and oxygen atoms in total. The summed E-state index contributed by atoms with van der Waals surface area (Å²) in [5, 5.41) is 15.4. The van der Waals surface area contributed by atoms with Crippen molar-refractivity contribution < 1.29 is 28.6 Å². The van der Waals surface area contributed by atoms with Gasteiger partial charge in [0.25, 0.3) is 5.56 Å². The fourth-order valence-electron chi connectivity index (χ4n) is 6.16. The summed E-state index contributed by atoms with van der Waals surface area (Å²) in [6.45, 7) is 3.74. The first kappa shape index (κ1) is 25.9. The number of aromatic nitrogens is 2. The van der Waals surface area contributed by atoms with Crippen LogP contribution in [0, 0.1) is 11.7 Å². The number of rotatable bonds is 5. The second-order valence-corrected chi connectivity index (χ2v) is 10.8. The molecule has 0 amide bonds. The van der Waals surface area contributed by atoms with Crippen LogP contribution in [0.25, 0.3) is 22.3 Å². The van der Waals surface area contributed by atoms with Gasteiger partial charge in [-0.3, -0.25) is 9.59 Å². The minimum atomic E-state index is -1.95. The highest BCUT2D eigenvalue weighted by atomic mass is 35.5. The van der Waals surface area contributed by atoms with E-state index in [9.17, 15) is 23.9 Å². The van der Waals surface area contributed by atoms with Crippen LogP contribution in [0.1, 0.15) is 60.5 Å². The molecule has 1 unspecified atom stereocenters. The lowest BCUT2D eigenvalue weighted by Crippen LogP contribution is -2.44. The van der Waals surface area contributed by atoms with Crippen molar-refractivity contribution in [1.29, 1.82) is 0 Å². The normalized spacial score (nSPS) is 21.7. The largest absolute Gasteiger partial charge is 0.469 e. The molecule has 0 saturated heterocycles. The van der Waals surface area contributed by atoms with Crippen LogP contribution in [0.5, 0.6) is 0 Å². The summed E-state index contributed by atoms with van der Waals surface area (Å²) in [6.07, 6.45) is 1.13. The van der Waals surface area contributed by atoms with Crippen LogP contribution in [0.3, 0.4) is 0 Å². The number of esters is 2. The van der Waals surface area contributed by atoms with Crippen LogP contribution in [-0.2, 0) is 44.2 Å². The van der Waals surface area contributed by atoms with Crippen molar-refractivity contribution in [3.63, 3.8) is 0 Å². The van der Waals surface area contributed by atoms with Gasteiger partial charge >= 0.3 is 11.9 Å². The molecule has 2 N–H and O–H groups in total. The van der Waals surface area contributed by atoms with E-state index in [1.54, 1.807) is 24.5 Å². The number of hydrogen-bond acceptors (Lipinski definition) is 8. The fraction of sp³-hybridized carbons (Fsp3) is 0.429. The number of nitrogens with zero attached hydrogens (tertiary/aromatic N) is 2. The molecule has 0 radical (unpaired) electrons. The van der Waals surface area contributed by atoms with Gasteiger partial charge in [0.1, 0.15) is 12.4 Å². The molecule has 11 heteroatoms. The highest BCUT2D eigenvalue weighted by molar-refractivity contribution is 6.32. The minimum absolute atomic E-state index is 0.0302. The summed E-state index contributed by atoms with van der Waals surface area (Å²) in [7, 11) is 1.35. The van der Waals surface area contributed by atoms with E-state index < -0.39 is 23.3 Å². The predicted octanol–water partition coefficient (Wildman–Crippen LogP) is 3.26. The molecule has 2 aromatic heterocycles. The first-order chi connectivity index (χ1) is 18.6. The number of aryl methyl sites for hydroxylation is 1. The molecule has 39 heavy (non-hydrogen) atoms. The third-order valence-corrected chi connectivity index (χ3v) is 8.72. The van der Waals surface area contributed by atoms with Gasteiger partial charge in [-0.2, -0.15) is 0 Å². The Bertz CT molecular complexity index is 1650. The number of methoxy groups -OCH3 is 1. The lowest BCUT2D eigenvalue weighted by atomic mass is 9.83. The third-order valence-electron chi connectivity index (χ3n) is 8.32. The Morgan fingerprint density at radius 3 is 2.85 bits per heavy atom. The van der Waals surface area contributed by atoms with Crippen LogP contribution >= 0.6 is 11.6 Å². The monoisotopic (exact) mass is 555 g/mol. The number of hydrogen-bond donors (Lipinski definition) is 2. The van der Waals surface area contributed by atoms with Gasteiger partial charge in [0, 0.05) is 35.2 Å².